The molecule has 1 rings (SSSR count). The van der Waals surface area contributed by atoms with Crippen LogP contribution < -0.4 is 0 Å². The largest absolute Gasteiger partial charge is 0.393 e. The van der Waals surface area contributed by atoms with Gasteiger partial charge in [-0.2, -0.15) is 0 Å². The zero-order valence-electron chi connectivity index (χ0n) is 9.22. The Balaban J connectivity index is 3.18. The fourth-order valence-corrected chi connectivity index (χ4v) is 1.54. The molecule has 0 bridgehead atoms. The number of aliphatic hydroxyl groups is 1. The van der Waals surface area contributed by atoms with Crippen molar-refractivity contribution >= 4 is 0 Å². The Morgan fingerprint density at radius 2 is 1.80 bits per heavy atom. The third-order valence-electron chi connectivity index (χ3n) is 2.34. The molecule has 0 spiro atoms. The highest BCUT2D eigenvalue weighted by Gasteiger charge is 2.16. The van der Waals surface area contributed by atoms with Gasteiger partial charge in [0.2, 0.25) is 0 Å². The third-order valence-corrected chi connectivity index (χ3v) is 2.34. The summed E-state index contributed by atoms with van der Waals surface area (Å²) >= 11 is 0. The van der Waals surface area contributed by atoms with Crippen LogP contribution in [0.15, 0.2) is 12.1 Å². The molecule has 1 nitrogen and oxygen atoms in total. The number of benzene rings is 1. The minimum Gasteiger partial charge on any atom is -0.393 e. The molecule has 1 aromatic carbocycles. The van der Waals surface area contributed by atoms with E-state index < -0.39 is 17.7 Å². The van der Waals surface area contributed by atoms with Gasteiger partial charge in [-0.15, -0.1) is 0 Å². The summed E-state index contributed by atoms with van der Waals surface area (Å²) in [6.45, 7) is 5.21. The van der Waals surface area contributed by atoms with Gasteiger partial charge in [-0.3, -0.25) is 0 Å². The Hall–Kier alpha value is -0.960. The molecule has 0 saturated heterocycles. The molecule has 0 aliphatic heterocycles. The van der Waals surface area contributed by atoms with E-state index in [-0.39, 0.29) is 17.9 Å². The summed E-state index contributed by atoms with van der Waals surface area (Å²) in [4.78, 5) is 0. The molecule has 0 aromatic heterocycles. The predicted molar refractivity (Wildman–Crippen MR) is 55.8 cm³/mol. The highest BCUT2D eigenvalue weighted by Crippen LogP contribution is 2.24. The molecule has 84 valence electrons. The molecular weight excluding hydrogens is 198 g/mol. The fourth-order valence-electron chi connectivity index (χ4n) is 1.54. The van der Waals surface area contributed by atoms with Crippen LogP contribution in [0.4, 0.5) is 8.78 Å². The maximum absolute atomic E-state index is 13.8. The van der Waals surface area contributed by atoms with E-state index in [1.165, 1.54) is 19.1 Å². The number of aliphatic hydroxyl groups excluding tert-OH is 1. The van der Waals surface area contributed by atoms with Gasteiger partial charge in [0.25, 0.3) is 0 Å². The molecule has 1 aromatic rings. The molecule has 0 aliphatic carbocycles. The van der Waals surface area contributed by atoms with E-state index in [0.717, 1.165) is 0 Å². The fraction of sp³-hybridized carbons (Fsp3) is 0.500. The summed E-state index contributed by atoms with van der Waals surface area (Å²) < 4.78 is 27.1. The molecule has 1 N–H and O–H groups in total. The van der Waals surface area contributed by atoms with Crippen molar-refractivity contribution in [2.45, 2.75) is 39.2 Å². The lowest BCUT2D eigenvalue weighted by Gasteiger charge is -2.13. The standard InChI is InChI=1S/C12H16F2O/c1-7(2)9-4-5-11(13)10(12(9)14)6-8(3)15/h4-5,7-8,15H,6H2,1-3H3. The van der Waals surface area contributed by atoms with Crippen LogP contribution in [0.3, 0.4) is 0 Å². The topological polar surface area (TPSA) is 20.2 Å². The van der Waals surface area contributed by atoms with Crippen LogP contribution >= 0.6 is 0 Å². The molecule has 0 fully saturated rings. The zero-order chi connectivity index (χ0) is 11.6. The maximum Gasteiger partial charge on any atom is 0.132 e. The van der Waals surface area contributed by atoms with E-state index in [2.05, 4.69) is 0 Å². The van der Waals surface area contributed by atoms with Crippen molar-refractivity contribution in [2.24, 2.45) is 0 Å². The summed E-state index contributed by atoms with van der Waals surface area (Å²) in [7, 11) is 0. The molecule has 3 heteroatoms. The van der Waals surface area contributed by atoms with Crippen LogP contribution in [-0.2, 0) is 6.42 Å². The first-order valence-corrected chi connectivity index (χ1v) is 5.08. The van der Waals surface area contributed by atoms with Crippen molar-refractivity contribution < 1.29 is 13.9 Å². The van der Waals surface area contributed by atoms with Gasteiger partial charge in [0.1, 0.15) is 11.6 Å². The smallest absolute Gasteiger partial charge is 0.132 e. The highest BCUT2D eigenvalue weighted by atomic mass is 19.1. The average molecular weight is 214 g/mol. The first-order chi connectivity index (χ1) is 6.93. The van der Waals surface area contributed by atoms with E-state index in [9.17, 15) is 8.78 Å². The number of hydrogen-bond acceptors (Lipinski definition) is 1. The van der Waals surface area contributed by atoms with Crippen LogP contribution in [0.2, 0.25) is 0 Å². The third kappa shape index (κ3) is 2.75. The molecule has 1 unspecified atom stereocenters. The maximum atomic E-state index is 13.8. The molecule has 0 aliphatic rings. The van der Waals surface area contributed by atoms with Crippen molar-refractivity contribution in [1.29, 1.82) is 0 Å². The lowest BCUT2D eigenvalue weighted by Crippen LogP contribution is -2.10. The molecule has 0 heterocycles. The van der Waals surface area contributed by atoms with Crippen molar-refractivity contribution in [1.82, 2.24) is 0 Å². The van der Waals surface area contributed by atoms with E-state index >= 15 is 0 Å². The van der Waals surface area contributed by atoms with Gasteiger partial charge in [0.15, 0.2) is 0 Å². The van der Waals surface area contributed by atoms with E-state index in [1.807, 2.05) is 13.8 Å². The van der Waals surface area contributed by atoms with Crippen LogP contribution in [0.25, 0.3) is 0 Å². The van der Waals surface area contributed by atoms with Gasteiger partial charge in [0, 0.05) is 12.0 Å². The Morgan fingerprint density at radius 3 is 2.27 bits per heavy atom. The Labute approximate surface area is 88.7 Å². The SMILES string of the molecule is CC(O)Cc1c(F)ccc(C(C)C)c1F. The summed E-state index contributed by atoms with van der Waals surface area (Å²) in [5.41, 5.74) is 0.475. The predicted octanol–water partition coefficient (Wildman–Crippen LogP) is 3.01. The van der Waals surface area contributed by atoms with E-state index in [4.69, 9.17) is 5.11 Å². The van der Waals surface area contributed by atoms with E-state index in [0.29, 0.717) is 5.56 Å². The lowest BCUT2D eigenvalue weighted by atomic mass is 9.97. The zero-order valence-corrected chi connectivity index (χ0v) is 9.22. The number of hydrogen-bond donors (Lipinski definition) is 1. The molecule has 0 amide bonds. The van der Waals surface area contributed by atoms with Crippen LogP contribution in [0.5, 0.6) is 0 Å². The van der Waals surface area contributed by atoms with Crippen molar-refractivity contribution in [3.8, 4) is 0 Å². The van der Waals surface area contributed by atoms with Crippen LogP contribution in [0, 0.1) is 11.6 Å². The minimum atomic E-state index is -0.739. The average Bonchev–Trinajstić information content (AvgIpc) is 2.11. The van der Waals surface area contributed by atoms with Crippen molar-refractivity contribution in [2.75, 3.05) is 0 Å². The Morgan fingerprint density at radius 1 is 1.20 bits per heavy atom. The van der Waals surface area contributed by atoms with Crippen molar-refractivity contribution in [3.05, 3.63) is 34.9 Å². The summed E-state index contributed by atoms with van der Waals surface area (Å²) in [6.07, 6.45) is -0.727. The van der Waals surface area contributed by atoms with Gasteiger partial charge < -0.3 is 5.11 Å². The second-order valence-corrected chi connectivity index (χ2v) is 4.14. The van der Waals surface area contributed by atoms with Gasteiger partial charge in [-0.05, 0) is 24.5 Å². The molecule has 1 atom stereocenters. The summed E-state index contributed by atoms with van der Waals surface area (Å²) in [5.74, 6) is -1.10. The quantitative estimate of drug-likeness (QED) is 0.820. The number of halogens is 2. The first kappa shape index (κ1) is 12.1. The van der Waals surface area contributed by atoms with Gasteiger partial charge in [-0.25, -0.2) is 8.78 Å². The minimum absolute atomic E-state index is 0.0121. The molecule has 0 saturated carbocycles. The second-order valence-electron chi connectivity index (χ2n) is 4.14. The molecular formula is C12H16F2O. The summed E-state index contributed by atoms with van der Waals surface area (Å²) in [5, 5.41) is 9.15. The highest BCUT2D eigenvalue weighted by molar-refractivity contribution is 5.30. The Kier molecular flexibility index (Phi) is 3.80. The molecule has 15 heavy (non-hydrogen) atoms. The second kappa shape index (κ2) is 4.71. The summed E-state index contributed by atoms with van der Waals surface area (Å²) in [6, 6.07) is 2.72. The molecule has 0 radical (unpaired) electrons. The van der Waals surface area contributed by atoms with Crippen molar-refractivity contribution in [3.63, 3.8) is 0 Å². The lowest BCUT2D eigenvalue weighted by molar-refractivity contribution is 0.192. The van der Waals surface area contributed by atoms with E-state index in [1.54, 1.807) is 0 Å². The van der Waals surface area contributed by atoms with Gasteiger partial charge in [0.05, 0.1) is 6.10 Å². The monoisotopic (exact) mass is 214 g/mol. The number of rotatable bonds is 3. The van der Waals surface area contributed by atoms with Gasteiger partial charge in [-0.1, -0.05) is 19.9 Å². The Bertz CT molecular complexity index is 346. The normalized spacial score (nSPS) is 13.3. The first-order valence-electron chi connectivity index (χ1n) is 5.08. The van der Waals surface area contributed by atoms with Crippen LogP contribution in [-0.4, -0.2) is 11.2 Å². The van der Waals surface area contributed by atoms with Gasteiger partial charge >= 0.3 is 0 Å². The van der Waals surface area contributed by atoms with Crippen LogP contribution in [0.1, 0.15) is 37.8 Å².